The van der Waals surface area contributed by atoms with E-state index >= 15 is 0 Å². The second kappa shape index (κ2) is 10.9. The van der Waals surface area contributed by atoms with Crippen molar-refractivity contribution in [1.29, 1.82) is 0 Å². The normalized spacial score (nSPS) is 13.1. The third-order valence-electron chi connectivity index (χ3n) is 8.94. The van der Waals surface area contributed by atoms with E-state index in [9.17, 15) is 0 Å². The molecule has 8 rings (SSSR count). The van der Waals surface area contributed by atoms with Gasteiger partial charge in [0, 0.05) is 5.69 Å². The maximum absolute atomic E-state index is 2.44. The zero-order chi connectivity index (χ0) is 29.3. The van der Waals surface area contributed by atoms with Crippen LogP contribution in [0.5, 0.6) is 0 Å². The van der Waals surface area contributed by atoms with Crippen LogP contribution in [0.15, 0.2) is 188 Å². The number of hydrogen-bond acceptors (Lipinski definition) is 1. The van der Waals surface area contributed by atoms with Crippen molar-refractivity contribution in [1.82, 2.24) is 0 Å². The number of anilines is 3. The fourth-order valence-corrected chi connectivity index (χ4v) is 6.98. The standard InChI is InChI=1S/C43H31N/c1-5-15-32(16-6-1)34-25-28-38(29-26-34)44-41-24-14-13-23-39(41)43(36-19-9-3-10-20-36,37-21-11-4-12-22-37)40-31-35(27-30-42(40)44)33-17-7-2-8-18-33/h1-31H. The SMILES string of the molecule is c1ccc(-c2ccc(N3c4ccccc4C(c4ccccc4)(c4ccccc4)c4cc(-c5ccccc5)ccc43)cc2)cc1. The van der Waals surface area contributed by atoms with Gasteiger partial charge in [-0.3, -0.25) is 0 Å². The Kier molecular flexibility index (Phi) is 6.43. The van der Waals surface area contributed by atoms with E-state index in [1.807, 2.05) is 0 Å². The predicted octanol–water partition coefficient (Wildman–Crippen LogP) is 11.2. The highest BCUT2D eigenvalue weighted by molar-refractivity contribution is 5.91. The lowest BCUT2D eigenvalue weighted by Crippen LogP contribution is -2.37. The summed E-state index contributed by atoms with van der Waals surface area (Å²) in [5.74, 6) is 0. The van der Waals surface area contributed by atoms with Crippen molar-refractivity contribution in [2.75, 3.05) is 4.90 Å². The summed E-state index contributed by atoms with van der Waals surface area (Å²) < 4.78 is 0. The monoisotopic (exact) mass is 561 g/mol. The summed E-state index contributed by atoms with van der Waals surface area (Å²) in [6.07, 6.45) is 0. The Morgan fingerprint density at radius 2 is 0.750 bits per heavy atom. The number of hydrogen-bond donors (Lipinski definition) is 0. The van der Waals surface area contributed by atoms with Gasteiger partial charge >= 0.3 is 0 Å². The van der Waals surface area contributed by atoms with Crippen LogP contribution in [-0.2, 0) is 5.41 Å². The molecular weight excluding hydrogens is 530 g/mol. The molecule has 1 aliphatic heterocycles. The molecule has 7 aromatic carbocycles. The largest absolute Gasteiger partial charge is 0.310 e. The van der Waals surface area contributed by atoms with Crippen LogP contribution in [0.3, 0.4) is 0 Å². The molecule has 0 bridgehead atoms. The van der Waals surface area contributed by atoms with E-state index in [1.165, 1.54) is 55.9 Å². The fourth-order valence-electron chi connectivity index (χ4n) is 6.98. The highest BCUT2D eigenvalue weighted by Gasteiger charge is 2.46. The van der Waals surface area contributed by atoms with Crippen molar-refractivity contribution in [2.24, 2.45) is 0 Å². The molecule has 0 radical (unpaired) electrons. The van der Waals surface area contributed by atoms with Gasteiger partial charge in [0.1, 0.15) is 0 Å². The first kappa shape index (κ1) is 26.0. The van der Waals surface area contributed by atoms with Gasteiger partial charge in [-0.1, -0.05) is 158 Å². The van der Waals surface area contributed by atoms with Crippen molar-refractivity contribution < 1.29 is 0 Å². The summed E-state index contributed by atoms with van der Waals surface area (Å²) in [6.45, 7) is 0. The summed E-state index contributed by atoms with van der Waals surface area (Å²) in [5.41, 5.74) is 12.9. The number of rotatable bonds is 5. The maximum atomic E-state index is 2.44. The summed E-state index contributed by atoms with van der Waals surface area (Å²) >= 11 is 0. The van der Waals surface area contributed by atoms with Crippen LogP contribution in [0.2, 0.25) is 0 Å². The smallest absolute Gasteiger partial charge is 0.0742 e. The zero-order valence-electron chi connectivity index (χ0n) is 24.3. The Labute approximate surface area is 259 Å². The van der Waals surface area contributed by atoms with Gasteiger partial charge in [-0.15, -0.1) is 0 Å². The quantitative estimate of drug-likeness (QED) is 0.202. The Balaban J connectivity index is 1.43. The van der Waals surface area contributed by atoms with Crippen LogP contribution >= 0.6 is 0 Å². The Morgan fingerprint density at radius 1 is 0.318 bits per heavy atom. The minimum Gasteiger partial charge on any atom is -0.310 e. The van der Waals surface area contributed by atoms with Crippen LogP contribution in [0.25, 0.3) is 22.3 Å². The number of fused-ring (bicyclic) bond motifs is 2. The Hall–Kier alpha value is -5.66. The second-order valence-corrected chi connectivity index (χ2v) is 11.3. The molecule has 0 aliphatic carbocycles. The molecule has 1 heteroatoms. The van der Waals surface area contributed by atoms with E-state index in [1.54, 1.807) is 0 Å². The average Bonchev–Trinajstić information content (AvgIpc) is 3.12. The molecular formula is C43H31N. The van der Waals surface area contributed by atoms with Crippen LogP contribution in [-0.4, -0.2) is 0 Å². The summed E-state index contributed by atoms with van der Waals surface area (Å²) in [7, 11) is 0. The predicted molar refractivity (Wildman–Crippen MR) is 184 cm³/mol. The van der Waals surface area contributed by atoms with Gasteiger partial charge < -0.3 is 4.90 Å². The van der Waals surface area contributed by atoms with Gasteiger partial charge in [-0.05, 0) is 74.8 Å². The summed E-state index contributed by atoms with van der Waals surface area (Å²) in [5, 5.41) is 0. The molecule has 0 spiro atoms. The van der Waals surface area contributed by atoms with Crippen molar-refractivity contribution in [3.8, 4) is 22.3 Å². The van der Waals surface area contributed by atoms with E-state index in [0.29, 0.717) is 0 Å². The topological polar surface area (TPSA) is 3.24 Å². The molecule has 0 unspecified atom stereocenters. The first-order valence-electron chi connectivity index (χ1n) is 15.2. The zero-order valence-corrected chi connectivity index (χ0v) is 24.3. The van der Waals surface area contributed by atoms with Crippen molar-refractivity contribution in [2.45, 2.75) is 5.41 Å². The highest BCUT2D eigenvalue weighted by Crippen LogP contribution is 2.58. The van der Waals surface area contributed by atoms with E-state index in [2.05, 4.69) is 193 Å². The van der Waals surface area contributed by atoms with E-state index < -0.39 is 5.41 Å². The molecule has 0 atom stereocenters. The summed E-state index contributed by atoms with van der Waals surface area (Å²) in [6, 6.07) is 68.3. The van der Waals surface area contributed by atoms with Crippen molar-refractivity contribution in [3.05, 3.63) is 210 Å². The molecule has 1 aliphatic rings. The van der Waals surface area contributed by atoms with E-state index in [4.69, 9.17) is 0 Å². The van der Waals surface area contributed by atoms with Crippen LogP contribution < -0.4 is 4.90 Å². The molecule has 0 N–H and O–H groups in total. The molecule has 44 heavy (non-hydrogen) atoms. The molecule has 0 amide bonds. The fraction of sp³-hybridized carbons (Fsp3) is 0.0233. The van der Waals surface area contributed by atoms with Crippen molar-refractivity contribution >= 4 is 17.1 Å². The third-order valence-corrected chi connectivity index (χ3v) is 8.94. The molecule has 0 fully saturated rings. The molecule has 1 heterocycles. The van der Waals surface area contributed by atoms with Gasteiger partial charge in [0.25, 0.3) is 0 Å². The third kappa shape index (κ3) is 4.17. The van der Waals surface area contributed by atoms with E-state index in [0.717, 1.165) is 5.69 Å². The number of nitrogens with zero attached hydrogens (tertiary/aromatic N) is 1. The summed E-state index contributed by atoms with van der Waals surface area (Å²) in [4.78, 5) is 2.44. The molecule has 1 nitrogen and oxygen atoms in total. The Morgan fingerprint density at radius 3 is 1.34 bits per heavy atom. The average molecular weight is 562 g/mol. The molecule has 208 valence electrons. The maximum Gasteiger partial charge on any atom is 0.0742 e. The lowest BCUT2D eigenvalue weighted by molar-refractivity contribution is 0.731. The number of benzene rings is 7. The van der Waals surface area contributed by atoms with Crippen molar-refractivity contribution in [3.63, 3.8) is 0 Å². The van der Waals surface area contributed by atoms with Crippen LogP contribution in [0.4, 0.5) is 17.1 Å². The van der Waals surface area contributed by atoms with Gasteiger partial charge in [0.2, 0.25) is 0 Å². The van der Waals surface area contributed by atoms with Gasteiger partial charge in [-0.25, -0.2) is 0 Å². The second-order valence-electron chi connectivity index (χ2n) is 11.3. The highest BCUT2D eigenvalue weighted by atomic mass is 15.2. The molecule has 7 aromatic rings. The minimum atomic E-state index is -0.514. The first-order chi connectivity index (χ1) is 21.8. The first-order valence-corrected chi connectivity index (χ1v) is 15.2. The minimum absolute atomic E-state index is 0.514. The van der Waals surface area contributed by atoms with Gasteiger partial charge in [0.15, 0.2) is 0 Å². The van der Waals surface area contributed by atoms with Gasteiger partial charge in [-0.2, -0.15) is 0 Å². The lowest BCUT2D eigenvalue weighted by Gasteiger charge is -2.46. The van der Waals surface area contributed by atoms with Crippen LogP contribution in [0, 0.1) is 0 Å². The van der Waals surface area contributed by atoms with E-state index in [-0.39, 0.29) is 0 Å². The number of para-hydroxylation sites is 1. The molecule has 0 saturated carbocycles. The van der Waals surface area contributed by atoms with Gasteiger partial charge in [0.05, 0.1) is 16.8 Å². The molecule has 0 aromatic heterocycles. The Bertz CT molecular complexity index is 1990. The molecule has 0 saturated heterocycles. The van der Waals surface area contributed by atoms with Crippen LogP contribution in [0.1, 0.15) is 22.3 Å². The lowest BCUT2D eigenvalue weighted by atomic mass is 9.62.